The van der Waals surface area contributed by atoms with Gasteiger partial charge < -0.3 is 10.1 Å². The number of carbonyl (C=O) groups is 1. The van der Waals surface area contributed by atoms with Gasteiger partial charge in [0.15, 0.2) is 0 Å². The molecule has 0 saturated carbocycles. The van der Waals surface area contributed by atoms with E-state index in [9.17, 15) is 9.59 Å². The summed E-state index contributed by atoms with van der Waals surface area (Å²) in [4.78, 5) is 24.1. The van der Waals surface area contributed by atoms with Crippen molar-refractivity contribution in [2.45, 2.75) is 6.92 Å². The summed E-state index contributed by atoms with van der Waals surface area (Å²) in [5.41, 5.74) is 0.710. The Morgan fingerprint density at radius 1 is 1.38 bits per heavy atom. The average molecular weight is 286 g/mol. The van der Waals surface area contributed by atoms with Crippen LogP contribution in [0, 0.1) is 0 Å². The second kappa shape index (κ2) is 5.28. The molecule has 1 N–H and O–H groups in total. The largest absolute Gasteiger partial charge is 0.463 e. The fourth-order valence-electron chi connectivity index (χ4n) is 2.08. The summed E-state index contributed by atoms with van der Waals surface area (Å²) < 4.78 is 7.53. The molecule has 0 radical (unpaired) electrons. The highest BCUT2D eigenvalue weighted by Gasteiger charge is 2.21. The van der Waals surface area contributed by atoms with Crippen LogP contribution in [0.5, 0.6) is 0 Å². The number of nitrogens with one attached hydrogen (secondary N) is 1. The lowest BCUT2D eigenvalue weighted by molar-refractivity contribution is -0.138. The number of benzene rings is 1. The highest BCUT2D eigenvalue weighted by Crippen LogP contribution is 2.14. The van der Waals surface area contributed by atoms with E-state index in [1.807, 2.05) is 18.2 Å². The Morgan fingerprint density at radius 2 is 2.14 bits per heavy atom. The van der Waals surface area contributed by atoms with Gasteiger partial charge in [0.2, 0.25) is 5.95 Å². The third-order valence-corrected chi connectivity index (χ3v) is 3.07. The monoisotopic (exact) mass is 286 g/mol. The van der Waals surface area contributed by atoms with Crippen molar-refractivity contribution in [3.05, 3.63) is 46.4 Å². The van der Waals surface area contributed by atoms with E-state index in [-0.39, 0.29) is 12.2 Å². The van der Waals surface area contributed by atoms with Gasteiger partial charge in [-0.05, 0) is 19.1 Å². The van der Waals surface area contributed by atoms with Gasteiger partial charge in [-0.25, -0.2) is 14.2 Å². The van der Waals surface area contributed by atoms with Crippen LogP contribution in [0.4, 0.5) is 5.95 Å². The van der Waals surface area contributed by atoms with E-state index in [0.29, 0.717) is 23.8 Å². The molecular weight excluding hydrogens is 272 g/mol. The van der Waals surface area contributed by atoms with E-state index in [1.54, 1.807) is 19.1 Å². The van der Waals surface area contributed by atoms with Crippen LogP contribution >= 0.6 is 0 Å². The highest BCUT2D eigenvalue weighted by atomic mass is 16.5. The molecule has 0 bridgehead atoms. The topological polar surface area (TPSA) is 78.2 Å². The molecule has 1 aromatic carbocycles. The summed E-state index contributed by atoms with van der Waals surface area (Å²) >= 11 is 0. The van der Waals surface area contributed by atoms with Gasteiger partial charge >= 0.3 is 11.7 Å². The first-order chi connectivity index (χ1) is 10.2. The van der Waals surface area contributed by atoms with Crippen LogP contribution in [-0.2, 0) is 9.53 Å². The van der Waals surface area contributed by atoms with Crippen molar-refractivity contribution in [1.82, 2.24) is 14.3 Å². The fraction of sp³-hybridized carbons (Fsp3) is 0.214. The lowest BCUT2D eigenvalue weighted by Gasteiger charge is -2.13. The summed E-state index contributed by atoms with van der Waals surface area (Å²) in [5, 5.41) is 7.16. The first-order valence-corrected chi connectivity index (χ1v) is 6.59. The van der Waals surface area contributed by atoms with E-state index in [2.05, 4.69) is 10.4 Å². The number of para-hydroxylation sites is 1. The summed E-state index contributed by atoms with van der Waals surface area (Å²) in [5.74, 6) is -0.0353. The molecule has 0 fully saturated rings. The van der Waals surface area contributed by atoms with Gasteiger partial charge in [0.05, 0.1) is 24.4 Å². The Balaban J connectivity index is 2.03. The predicted molar refractivity (Wildman–Crippen MR) is 77.2 cm³/mol. The third kappa shape index (κ3) is 2.33. The lowest BCUT2D eigenvalue weighted by Crippen LogP contribution is -2.26. The van der Waals surface area contributed by atoms with Gasteiger partial charge in [0.25, 0.3) is 0 Å². The molecule has 7 heteroatoms. The van der Waals surface area contributed by atoms with E-state index in [0.717, 1.165) is 0 Å². The molecule has 21 heavy (non-hydrogen) atoms. The van der Waals surface area contributed by atoms with Crippen molar-refractivity contribution in [2.75, 3.05) is 18.5 Å². The van der Waals surface area contributed by atoms with Gasteiger partial charge in [-0.15, -0.1) is 5.10 Å². The molecule has 2 aromatic rings. The smallest absolute Gasteiger partial charge is 0.356 e. The number of fused-ring (bicyclic) bond motifs is 1. The SMILES string of the molecule is CCOC(=O)C1=Cn2c(nn(-c3ccccc3)c2=O)NC1. The zero-order valence-corrected chi connectivity index (χ0v) is 11.4. The average Bonchev–Trinajstić information content (AvgIpc) is 2.85. The Bertz CT molecular complexity index is 758. The maximum Gasteiger partial charge on any atom is 0.356 e. The quantitative estimate of drug-likeness (QED) is 0.847. The number of carbonyl (C=O) groups excluding carboxylic acids is 1. The predicted octanol–water partition coefficient (Wildman–Crippen LogP) is 0.863. The minimum atomic E-state index is -0.435. The molecule has 0 unspecified atom stereocenters. The van der Waals surface area contributed by atoms with Crippen LogP contribution in [0.3, 0.4) is 0 Å². The Hall–Kier alpha value is -2.83. The van der Waals surface area contributed by atoms with Crippen LogP contribution < -0.4 is 11.0 Å². The zero-order chi connectivity index (χ0) is 14.8. The summed E-state index contributed by atoms with van der Waals surface area (Å²) in [7, 11) is 0. The summed E-state index contributed by atoms with van der Waals surface area (Å²) in [6, 6.07) is 9.09. The van der Waals surface area contributed by atoms with Gasteiger partial charge in [0.1, 0.15) is 0 Å². The van der Waals surface area contributed by atoms with E-state index >= 15 is 0 Å². The molecule has 0 saturated heterocycles. The van der Waals surface area contributed by atoms with Crippen LogP contribution in [0.15, 0.2) is 40.7 Å². The number of aromatic nitrogens is 3. The molecule has 108 valence electrons. The number of ether oxygens (including phenoxy) is 1. The standard InChI is InChI=1S/C14H14N4O3/c1-2-21-12(19)10-8-15-13-16-18(14(20)17(13)9-10)11-6-4-3-5-7-11/h3-7,9H,2,8H2,1H3,(H,15,16). The van der Waals surface area contributed by atoms with Crippen LogP contribution in [0.2, 0.25) is 0 Å². The lowest BCUT2D eigenvalue weighted by atomic mass is 10.2. The number of hydrogen-bond acceptors (Lipinski definition) is 5. The van der Waals surface area contributed by atoms with Gasteiger partial charge in [-0.3, -0.25) is 0 Å². The molecule has 0 aliphatic carbocycles. The molecule has 0 amide bonds. The van der Waals surface area contributed by atoms with Crippen molar-refractivity contribution in [3.8, 4) is 5.69 Å². The number of nitrogens with zero attached hydrogens (tertiary/aromatic N) is 3. The summed E-state index contributed by atoms with van der Waals surface area (Å²) in [6.45, 7) is 2.31. The van der Waals surface area contributed by atoms with Crippen LogP contribution in [0.25, 0.3) is 11.9 Å². The number of esters is 1. The van der Waals surface area contributed by atoms with Crippen molar-refractivity contribution < 1.29 is 9.53 Å². The van der Waals surface area contributed by atoms with Crippen LogP contribution in [0.1, 0.15) is 6.92 Å². The number of hydrogen-bond donors (Lipinski definition) is 1. The number of anilines is 1. The molecule has 3 rings (SSSR count). The Labute approximate surface area is 120 Å². The minimum absolute atomic E-state index is 0.282. The summed E-state index contributed by atoms with van der Waals surface area (Å²) in [6.07, 6.45) is 1.47. The minimum Gasteiger partial charge on any atom is -0.463 e. The van der Waals surface area contributed by atoms with Crippen LogP contribution in [-0.4, -0.2) is 33.5 Å². The first-order valence-electron chi connectivity index (χ1n) is 6.59. The molecule has 1 aliphatic rings. The molecule has 1 aromatic heterocycles. The van der Waals surface area contributed by atoms with Crippen molar-refractivity contribution in [1.29, 1.82) is 0 Å². The second-order valence-corrected chi connectivity index (χ2v) is 4.45. The first kappa shape index (κ1) is 13.2. The van der Waals surface area contributed by atoms with Gasteiger partial charge in [-0.2, -0.15) is 4.68 Å². The van der Waals surface area contributed by atoms with Gasteiger partial charge in [-0.1, -0.05) is 18.2 Å². The maximum absolute atomic E-state index is 12.4. The normalized spacial score (nSPS) is 13.1. The van der Waals surface area contributed by atoms with Crippen molar-refractivity contribution in [2.24, 2.45) is 0 Å². The maximum atomic E-state index is 12.4. The van der Waals surface area contributed by atoms with Crippen molar-refractivity contribution >= 4 is 18.1 Å². The molecule has 0 spiro atoms. The molecule has 7 nitrogen and oxygen atoms in total. The van der Waals surface area contributed by atoms with Gasteiger partial charge in [0, 0.05) is 6.20 Å². The Morgan fingerprint density at radius 3 is 2.86 bits per heavy atom. The number of rotatable bonds is 3. The fourth-order valence-corrected chi connectivity index (χ4v) is 2.08. The van der Waals surface area contributed by atoms with Crippen molar-refractivity contribution in [3.63, 3.8) is 0 Å². The van der Waals surface area contributed by atoms with E-state index in [1.165, 1.54) is 15.4 Å². The molecule has 2 heterocycles. The zero-order valence-electron chi connectivity index (χ0n) is 11.4. The molecule has 0 atom stereocenters. The highest BCUT2D eigenvalue weighted by molar-refractivity contribution is 5.93. The van der Waals surface area contributed by atoms with E-state index in [4.69, 9.17) is 4.74 Å². The Kier molecular flexibility index (Phi) is 3.31. The van der Waals surface area contributed by atoms with E-state index < -0.39 is 5.97 Å². The molecule has 1 aliphatic heterocycles. The molecular formula is C14H14N4O3. The second-order valence-electron chi connectivity index (χ2n) is 4.45. The third-order valence-electron chi connectivity index (χ3n) is 3.07.